The SMILES string of the molecule is C=C(C[N+](=O)[O-])c1ccc(Cl)cc1. The zero-order valence-corrected chi connectivity index (χ0v) is 7.62. The second kappa shape index (κ2) is 4.05. The Morgan fingerprint density at radius 2 is 2.00 bits per heavy atom. The van der Waals surface area contributed by atoms with Gasteiger partial charge in [0, 0.05) is 15.5 Å². The molecule has 4 heteroatoms. The molecule has 0 unspecified atom stereocenters. The fourth-order valence-corrected chi connectivity index (χ4v) is 1.06. The predicted octanol–water partition coefficient (Wildman–Crippen LogP) is 2.63. The highest BCUT2D eigenvalue weighted by molar-refractivity contribution is 6.30. The van der Waals surface area contributed by atoms with E-state index in [1.165, 1.54) is 0 Å². The molecule has 0 aromatic heterocycles. The van der Waals surface area contributed by atoms with E-state index in [1.54, 1.807) is 24.3 Å². The molecule has 0 aliphatic heterocycles. The first kappa shape index (κ1) is 9.74. The minimum atomic E-state index is -0.406. The number of nitrogens with zero attached hydrogens (tertiary/aromatic N) is 1. The van der Waals surface area contributed by atoms with E-state index in [0.717, 1.165) is 5.56 Å². The molecule has 0 radical (unpaired) electrons. The van der Waals surface area contributed by atoms with Gasteiger partial charge in [-0.3, -0.25) is 10.1 Å². The molecule has 0 saturated carbocycles. The van der Waals surface area contributed by atoms with Crippen molar-refractivity contribution in [1.82, 2.24) is 0 Å². The molecule has 0 bridgehead atoms. The topological polar surface area (TPSA) is 43.1 Å². The van der Waals surface area contributed by atoms with Crippen molar-refractivity contribution in [2.24, 2.45) is 0 Å². The second-order valence-corrected chi connectivity index (χ2v) is 3.04. The first-order valence-electron chi connectivity index (χ1n) is 3.65. The maximum absolute atomic E-state index is 10.2. The monoisotopic (exact) mass is 197 g/mol. The Hall–Kier alpha value is -1.35. The smallest absolute Gasteiger partial charge is 0.228 e. The largest absolute Gasteiger partial charge is 0.264 e. The van der Waals surface area contributed by atoms with E-state index in [2.05, 4.69) is 6.58 Å². The van der Waals surface area contributed by atoms with Gasteiger partial charge in [-0.25, -0.2) is 0 Å². The third kappa shape index (κ3) is 2.87. The van der Waals surface area contributed by atoms with Gasteiger partial charge in [0.25, 0.3) is 0 Å². The standard InChI is InChI=1S/C9H8ClNO2/c1-7(6-11(12)13)8-2-4-9(10)5-3-8/h2-5H,1,6H2. The highest BCUT2D eigenvalue weighted by atomic mass is 35.5. The van der Waals surface area contributed by atoms with Gasteiger partial charge in [0.1, 0.15) is 0 Å². The van der Waals surface area contributed by atoms with Crippen molar-refractivity contribution in [2.75, 3.05) is 6.54 Å². The lowest BCUT2D eigenvalue weighted by Gasteiger charge is -2.00. The first-order chi connectivity index (χ1) is 6.09. The van der Waals surface area contributed by atoms with E-state index < -0.39 is 4.92 Å². The summed E-state index contributed by atoms with van der Waals surface area (Å²) in [5.74, 6) is 0. The van der Waals surface area contributed by atoms with Crippen molar-refractivity contribution in [3.05, 3.63) is 51.5 Å². The lowest BCUT2D eigenvalue weighted by atomic mass is 10.1. The van der Waals surface area contributed by atoms with Crippen molar-refractivity contribution in [3.8, 4) is 0 Å². The lowest BCUT2D eigenvalue weighted by molar-refractivity contribution is -0.465. The average Bonchev–Trinajstić information content (AvgIpc) is 2.04. The number of rotatable bonds is 3. The van der Waals surface area contributed by atoms with Crippen LogP contribution >= 0.6 is 11.6 Å². The maximum Gasteiger partial charge on any atom is 0.228 e. The lowest BCUT2D eigenvalue weighted by Crippen LogP contribution is -2.02. The molecule has 1 rings (SSSR count). The normalized spacial score (nSPS) is 9.62. The Morgan fingerprint density at radius 3 is 2.46 bits per heavy atom. The summed E-state index contributed by atoms with van der Waals surface area (Å²) in [5, 5.41) is 10.8. The van der Waals surface area contributed by atoms with Crippen LogP contribution in [0.5, 0.6) is 0 Å². The Morgan fingerprint density at radius 1 is 1.46 bits per heavy atom. The van der Waals surface area contributed by atoms with Crippen molar-refractivity contribution in [2.45, 2.75) is 0 Å². The Bertz CT molecular complexity index is 332. The molecular weight excluding hydrogens is 190 g/mol. The van der Waals surface area contributed by atoms with E-state index in [-0.39, 0.29) is 6.54 Å². The van der Waals surface area contributed by atoms with Crippen molar-refractivity contribution >= 4 is 17.2 Å². The summed E-state index contributed by atoms with van der Waals surface area (Å²) in [4.78, 5) is 9.76. The van der Waals surface area contributed by atoms with Gasteiger partial charge in [-0.15, -0.1) is 0 Å². The molecule has 1 aromatic carbocycles. The number of nitro groups is 1. The van der Waals surface area contributed by atoms with E-state index >= 15 is 0 Å². The Balaban J connectivity index is 2.78. The van der Waals surface area contributed by atoms with Crippen LogP contribution in [0.2, 0.25) is 5.02 Å². The molecule has 13 heavy (non-hydrogen) atoms. The summed E-state index contributed by atoms with van der Waals surface area (Å²) in [6.07, 6.45) is 0. The molecular formula is C9H8ClNO2. The molecule has 0 aliphatic rings. The van der Waals surface area contributed by atoms with E-state index in [9.17, 15) is 10.1 Å². The van der Waals surface area contributed by atoms with Gasteiger partial charge in [-0.2, -0.15) is 0 Å². The van der Waals surface area contributed by atoms with Crippen molar-refractivity contribution in [1.29, 1.82) is 0 Å². The first-order valence-corrected chi connectivity index (χ1v) is 4.03. The molecule has 0 heterocycles. The van der Waals surface area contributed by atoms with Gasteiger partial charge in [0.2, 0.25) is 6.54 Å². The molecule has 0 atom stereocenters. The van der Waals surface area contributed by atoms with E-state index in [4.69, 9.17) is 11.6 Å². The molecule has 0 aliphatic carbocycles. The molecule has 0 saturated heterocycles. The minimum Gasteiger partial charge on any atom is -0.264 e. The molecule has 0 spiro atoms. The number of benzene rings is 1. The Kier molecular flexibility index (Phi) is 3.03. The number of hydrogen-bond donors (Lipinski definition) is 0. The second-order valence-electron chi connectivity index (χ2n) is 2.60. The van der Waals surface area contributed by atoms with Gasteiger partial charge in [-0.05, 0) is 17.7 Å². The van der Waals surface area contributed by atoms with Crippen LogP contribution in [0.3, 0.4) is 0 Å². The highest BCUT2D eigenvalue weighted by Gasteiger charge is 2.04. The Labute approximate surface area is 80.8 Å². The van der Waals surface area contributed by atoms with Crippen LogP contribution in [0.25, 0.3) is 5.57 Å². The minimum absolute atomic E-state index is 0.234. The third-order valence-corrected chi connectivity index (χ3v) is 1.82. The summed E-state index contributed by atoms with van der Waals surface area (Å²) in [6, 6.07) is 6.80. The van der Waals surface area contributed by atoms with E-state index in [0.29, 0.717) is 10.6 Å². The average molecular weight is 198 g/mol. The quantitative estimate of drug-likeness (QED) is 0.552. The third-order valence-electron chi connectivity index (χ3n) is 1.57. The summed E-state index contributed by atoms with van der Waals surface area (Å²) in [7, 11) is 0. The van der Waals surface area contributed by atoms with Crippen LogP contribution < -0.4 is 0 Å². The van der Waals surface area contributed by atoms with Gasteiger partial charge < -0.3 is 0 Å². The van der Waals surface area contributed by atoms with Crippen LogP contribution in [0, 0.1) is 10.1 Å². The maximum atomic E-state index is 10.2. The summed E-state index contributed by atoms with van der Waals surface area (Å²) in [5.41, 5.74) is 1.24. The zero-order chi connectivity index (χ0) is 9.84. The fraction of sp³-hybridized carbons (Fsp3) is 0.111. The van der Waals surface area contributed by atoms with Crippen LogP contribution in [-0.2, 0) is 0 Å². The molecule has 68 valence electrons. The number of halogens is 1. The van der Waals surface area contributed by atoms with Gasteiger partial charge in [-0.1, -0.05) is 30.3 Å². The van der Waals surface area contributed by atoms with Gasteiger partial charge in [0.15, 0.2) is 0 Å². The summed E-state index contributed by atoms with van der Waals surface area (Å²) >= 11 is 5.66. The van der Waals surface area contributed by atoms with Crippen molar-refractivity contribution < 1.29 is 4.92 Å². The fourth-order valence-electron chi connectivity index (χ4n) is 0.933. The summed E-state index contributed by atoms with van der Waals surface area (Å²) in [6.45, 7) is 3.38. The van der Waals surface area contributed by atoms with Gasteiger partial charge in [0.05, 0.1) is 0 Å². The number of hydrogen-bond acceptors (Lipinski definition) is 2. The van der Waals surface area contributed by atoms with Crippen LogP contribution in [0.15, 0.2) is 30.8 Å². The van der Waals surface area contributed by atoms with Crippen LogP contribution in [0.4, 0.5) is 0 Å². The highest BCUT2D eigenvalue weighted by Crippen LogP contribution is 2.15. The molecule has 1 aromatic rings. The van der Waals surface area contributed by atoms with Crippen LogP contribution in [-0.4, -0.2) is 11.5 Å². The molecule has 3 nitrogen and oxygen atoms in total. The zero-order valence-electron chi connectivity index (χ0n) is 6.87. The molecule has 0 amide bonds. The van der Waals surface area contributed by atoms with Crippen molar-refractivity contribution in [3.63, 3.8) is 0 Å². The van der Waals surface area contributed by atoms with E-state index in [1.807, 2.05) is 0 Å². The molecule has 0 N–H and O–H groups in total. The van der Waals surface area contributed by atoms with Gasteiger partial charge >= 0.3 is 0 Å². The molecule has 0 fully saturated rings. The predicted molar refractivity (Wildman–Crippen MR) is 52.3 cm³/mol. The van der Waals surface area contributed by atoms with Crippen LogP contribution in [0.1, 0.15) is 5.56 Å². The summed E-state index contributed by atoms with van der Waals surface area (Å²) < 4.78 is 0.